The number of fused-ring (bicyclic) bond motifs is 3. The van der Waals surface area contributed by atoms with Gasteiger partial charge in [0, 0.05) is 29.2 Å². The summed E-state index contributed by atoms with van der Waals surface area (Å²) in [7, 11) is 0. The zero-order valence-electron chi connectivity index (χ0n) is 16.4. The molecule has 1 aliphatic carbocycles. The second-order valence-electron chi connectivity index (χ2n) is 7.92. The molecular formula is C26H26N2O. The number of aromatic nitrogens is 1. The molecule has 0 spiro atoms. The number of aromatic amines is 1. The number of aliphatic hydroxyl groups is 1. The lowest BCUT2D eigenvalue weighted by Crippen LogP contribution is -2.29. The Kier molecular flexibility index (Phi) is 4.92. The number of H-pyrrole nitrogens is 1. The topological polar surface area (TPSA) is 48.0 Å². The first kappa shape index (κ1) is 18.2. The fraction of sp³-hybridized carbons (Fsp3) is 0.231. The van der Waals surface area contributed by atoms with Crippen molar-refractivity contribution in [3.05, 3.63) is 95.7 Å². The van der Waals surface area contributed by atoms with Gasteiger partial charge in [0.05, 0.1) is 6.10 Å². The molecule has 0 amide bonds. The molecule has 29 heavy (non-hydrogen) atoms. The highest BCUT2D eigenvalue weighted by atomic mass is 16.3. The third-order valence-electron chi connectivity index (χ3n) is 6.06. The van der Waals surface area contributed by atoms with Gasteiger partial charge in [-0.1, -0.05) is 66.7 Å². The number of aryl methyl sites for hydroxylation is 1. The monoisotopic (exact) mass is 382 g/mol. The second-order valence-corrected chi connectivity index (χ2v) is 7.92. The molecule has 5 rings (SSSR count). The SMILES string of the molecule is O[C@H](CN[C@@H]1CCCc2c1[nH]c1ccc(-c3ccccc3)cc21)c1ccccc1. The molecule has 0 radical (unpaired) electrons. The summed E-state index contributed by atoms with van der Waals surface area (Å²) < 4.78 is 0. The zero-order chi connectivity index (χ0) is 19.6. The summed E-state index contributed by atoms with van der Waals surface area (Å²) in [5, 5.41) is 15.5. The van der Waals surface area contributed by atoms with Gasteiger partial charge in [0.1, 0.15) is 0 Å². The lowest BCUT2D eigenvalue weighted by Gasteiger charge is -2.25. The molecule has 2 atom stereocenters. The van der Waals surface area contributed by atoms with E-state index in [1.54, 1.807) is 0 Å². The summed E-state index contributed by atoms with van der Waals surface area (Å²) in [6.45, 7) is 0.554. The highest BCUT2D eigenvalue weighted by Gasteiger charge is 2.25. The third-order valence-corrected chi connectivity index (χ3v) is 6.06. The van der Waals surface area contributed by atoms with Gasteiger partial charge < -0.3 is 15.4 Å². The number of hydrogen-bond acceptors (Lipinski definition) is 2. The average Bonchev–Trinajstić information content (AvgIpc) is 3.17. The maximum absolute atomic E-state index is 10.5. The molecule has 3 nitrogen and oxygen atoms in total. The molecule has 4 aromatic rings. The zero-order valence-corrected chi connectivity index (χ0v) is 16.4. The molecule has 146 valence electrons. The van der Waals surface area contributed by atoms with E-state index in [0.29, 0.717) is 6.54 Å². The van der Waals surface area contributed by atoms with E-state index in [1.165, 1.54) is 33.3 Å². The van der Waals surface area contributed by atoms with Crippen LogP contribution >= 0.6 is 0 Å². The maximum Gasteiger partial charge on any atom is 0.0914 e. The van der Waals surface area contributed by atoms with Gasteiger partial charge in [-0.2, -0.15) is 0 Å². The summed E-state index contributed by atoms with van der Waals surface area (Å²) >= 11 is 0. The van der Waals surface area contributed by atoms with Crippen molar-refractivity contribution < 1.29 is 5.11 Å². The minimum atomic E-state index is -0.490. The van der Waals surface area contributed by atoms with E-state index in [2.05, 4.69) is 58.8 Å². The van der Waals surface area contributed by atoms with Crippen LogP contribution in [0.1, 0.15) is 41.8 Å². The minimum absolute atomic E-state index is 0.254. The fourth-order valence-corrected chi connectivity index (χ4v) is 4.52. The number of nitrogens with one attached hydrogen (secondary N) is 2. The summed E-state index contributed by atoms with van der Waals surface area (Å²) in [5.74, 6) is 0. The Hall–Kier alpha value is -2.88. The third kappa shape index (κ3) is 3.59. The number of rotatable bonds is 5. The van der Waals surface area contributed by atoms with E-state index < -0.39 is 6.10 Å². The fourth-order valence-electron chi connectivity index (χ4n) is 4.52. The molecule has 0 saturated carbocycles. The van der Waals surface area contributed by atoms with Crippen molar-refractivity contribution in [3.8, 4) is 11.1 Å². The summed E-state index contributed by atoms with van der Waals surface area (Å²) in [6.07, 6.45) is 2.87. The van der Waals surface area contributed by atoms with Crippen molar-refractivity contribution in [2.75, 3.05) is 6.54 Å². The largest absolute Gasteiger partial charge is 0.387 e. The van der Waals surface area contributed by atoms with Crippen molar-refractivity contribution in [2.24, 2.45) is 0 Å². The molecule has 0 unspecified atom stereocenters. The lowest BCUT2D eigenvalue weighted by molar-refractivity contribution is 0.168. The molecule has 1 aliphatic rings. The van der Waals surface area contributed by atoms with E-state index in [-0.39, 0.29) is 6.04 Å². The van der Waals surface area contributed by atoms with Gasteiger partial charge >= 0.3 is 0 Å². The minimum Gasteiger partial charge on any atom is -0.387 e. The van der Waals surface area contributed by atoms with Crippen LogP contribution in [-0.2, 0) is 6.42 Å². The van der Waals surface area contributed by atoms with E-state index in [4.69, 9.17) is 0 Å². The lowest BCUT2D eigenvalue weighted by atomic mass is 9.90. The van der Waals surface area contributed by atoms with Gasteiger partial charge in [-0.15, -0.1) is 0 Å². The van der Waals surface area contributed by atoms with Crippen LogP contribution < -0.4 is 5.32 Å². The van der Waals surface area contributed by atoms with Crippen LogP contribution in [0, 0.1) is 0 Å². The second kappa shape index (κ2) is 7.86. The van der Waals surface area contributed by atoms with Crippen molar-refractivity contribution in [3.63, 3.8) is 0 Å². The molecule has 1 aromatic heterocycles. The standard InChI is InChI=1S/C26H26N2O/c29-25(19-10-5-2-6-11-19)17-27-24-13-7-12-21-22-16-20(18-8-3-1-4-9-18)14-15-23(22)28-26(21)24/h1-6,8-11,14-16,24-25,27-29H,7,12-13,17H2/t24-,25-/m1/s1. The van der Waals surface area contributed by atoms with Gasteiger partial charge in [-0.25, -0.2) is 0 Å². The van der Waals surface area contributed by atoms with Crippen LogP contribution in [0.2, 0.25) is 0 Å². The van der Waals surface area contributed by atoms with Gasteiger partial charge in [0.2, 0.25) is 0 Å². The first-order valence-electron chi connectivity index (χ1n) is 10.5. The number of hydrogen-bond donors (Lipinski definition) is 3. The van der Waals surface area contributed by atoms with Gasteiger partial charge in [0.25, 0.3) is 0 Å². The van der Waals surface area contributed by atoms with Gasteiger partial charge in [-0.3, -0.25) is 0 Å². The Morgan fingerprint density at radius 3 is 2.48 bits per heavy atom. The van der Waals surface area contributed by atoms with Crippen LogP contribution in [0.5, 0.6) is 0 Å². The van der Waals surface area contributed by atoms with Crippen molar-refractivity contribution in [1.82, 2.24) is 10.3 Å². The first-order valence-corrected chi connectivity index (χ1v) is 10.5. The highest BCUT2D eigenvalue weighted by Crippen LogP contribution is 2.36. The molecule has 0 bridgehead atoms. The van der Waals surface area contributed by atoms with Crippen molar-refractivity contribution in [2.45, 2.75) is 31.4 Å². The molecule has 3 heteroatoms. The number of benzene rings is 3. The van der Waals surface area contributed by atoms with Crippen molar-refractivity contribution >= 4 is 10.9 Å². The van der Waals surface area contributed by atoms with Crippen LogP contribution in [0.4, 0.5) is 0 Å². The molecule has 0 saturated heterocycles. The number of aliphatic hydroxyl groups excluding tert-OH is 1. The quantitative estimate of drug-likeness (QED) is 0.425. The summed E-state index contributed by atoms with van der Waals surface area (Å²) in [5.41, 5.74) is 7.38. The average molecular weight is 383 g/mol. The molecule has 3 aromatic carbocycles. The van der Waals surface area contributed by atoms with Gasteiger partial charge in [-0.05, 0) is 53.6 Å². The Balaban J connectivity index is 1.41. The molecule has 3 N–H and O–H groups in total. The molecular weight excluding hydrogens is 356 g/mol. The highest BCUT2D eigenvalue weighted by molar-refractivity contribution is 5.89. The molecule has 1 heterocycles. The smallest absolute Gasteiger partial charge is 0.0914 e. The summed E-state index contributed by atoms with van der Waals surface area (Å²) in [6, 6.07) is 27.4. The Morgan fingerprint density at radius 1 is 0.931 bits per heavy atom. The van der Waals surface area contributed by atoms with E-state index in [9.17, 15) is 5.11 Å². The Bertz CT molecular complexity index is 1100. The van der Waals surface area contributed by atoms with E-state index >= 15 is 0 Å². The Morgan fingerprint density at radius 2 is 1.69 bits per heavy atom. The van der Waals surface area contributed by atoms with Crippen LogP contribution in [-0.4, -0.2) is 16.6 Å². The van der Waals surface area contributed by atoms with Crippen molar-refractivity contribution in [1.29, 1.82) is 0 Å². The Labute approximate surface area is 171 Å². The first-order chi connectivity index (χ1) is 14.3. The van der Waals surface area contributed by atoms with Gasteiger partial charge in [0.15, 0.2) is 0 Å². The van der Waals surface area contributed by atoms with Crippen LogP contribution in [0.15, 0.2) is 78.9 Å². The van der Waals surface area contributed by atoms with E-state index in [1.807, 2.05) is 30.3 Å². The summed E-state index contributed by atoms with van der Waals surface area (Å²) in [4.78, 5) is 3.66. The van der Waals surface area contributed by atoms with E-state index in [0.717, 1.165) is 24.8 Å². The van der Waals surface area contributed by atoms with Crippen LogP contribution in [0.3, 0.4) is 0 Å². The maximum atomic E-state index is 10.5. The predicted molar refractivity (Wildman–Crippen MR) is 119 cm³/mol. The molecule has 0 aliphatic heterocycles. The van der Waals surface area contributed by atoms with Crippen LogP contribution in [0.25, 0.3) is 22.0 Å². The molecule has 0 fully saturated rings. The predicted octanol–water partition coefficient (Wildman–Crippen LogP) is 5.54. The normalized spacial score (nSPS) is 17.2.